The minimum absolute atomic E-state index is 0.542. The number of hydrogen-bond acceptors (Lipinski definition) is 3. The summed E-state index contributed by atoms with van der Waals surface area (Å²) in [4.78, 5) is 9.48. The van der Waals surface area contributed by atoms with Gasteiger partial charge >= 0.3 is 0 Å². The van der Waals surface area contributed by atoms with Crippen molar-refractivity contribution in [3.05, 3.63) is 12.2 Å². The molecule has 2 rings (SSSR count). The molecule has 0 bridgehead atoms. The molecule has 2 N–H and O–H groups in total. The molecule has 0 saturated carbocycles. The lowest BCUT2D eigenvalue weighted by Gasteiger charge is -2.33. The van der Waals surface area contributed by atoms with E-state index in [0.717, 1.165) is 38.1 Å². The highest BCUT2D eigenvalue weighted by atomic mass is 15.2. The van der Waals surface area contributed by atoms with Gasteiger partial charge in [-0.3, -0.25) is 9.89 Å². The number of aliphatic imine (C=N–C) groups is 1. The predicted molar refractivity (Wildman–Crippen MR) is 108 cm³/mol. The molecule has 2 heterocycles. The van der Waals surface area contributed by atoms with E-state index in [0.29, 0.717) is 6.04 Å². The molecule has 5 nitrogen and oxygen atoms in total. The summed E-state index contributed by atoms with van der Waals surface area (Å²) in [6, 6.07) is 0.542. The van der Waals surface area contributed by atoms with Crippen LogP contribution in [0, 0.1) is 5.92 Å². The van der Waals surface area contributed by atoms with E-state index >= 15 is 0 Å². The molecule has 0 unspecified atom stereocenters. The lowest BCUT2D eigenvalue weighted by Crippen LogP contribution is -2.49. The van der Waals surface area contributed by atoms with Crippen molar-refractivity contribution in [2.24, 2.45) is 10.9 Å². The fourth-order valence-corrected chi connectivity index (χ4v) is 3.99. The van der Waals surface area contributed by atoms with E-state index in [1.165, 1.54) is 57.3 Å². The van der Waals surface area contributed by atoms with E-state index in [1.807, 2.05) is 7.05 Å². The van der Waals surface area contributed by atoms with Crippen LogP contribution in [0.1, 0.15) is 46.0 Å². The molecule has 5 heteroatoms. The van der Waals surface area contributed by atoms with Gasteiger partial charge in [0.25, 0.3) is 0 Å². The zero-order valence-electron chi connectivity index (χ0n) is 16.7. The van der Waals surface area contributed by atoms with Crippen LogP contribution in [0.3, 0.4) is 0 Å². The number of nitrogens with one attached hydrogen (secondary N) is 2. The Balaban J connectivity index is 1.60. The quantitative estimate of drug-likeness (QED) is 0.420. The minimum Gasteiger partial charge on any atom is -0.356 e. The summed E-state index contributed by atoms with van der Waals surface area (Å²) in [5.41, 5.74) is 1.26. The van der Waals surface area contributed by atoms with E-state index < -0.39 is 0 Å². The van der Waals surface area contributed by atoms with E-state index in [-0.39, 0.29) is 0 Å². The standard InChI is InChI=1S/C20H39N5/c1-5-24-12-7-18(8-13-24)6-11-22-20(21-4)23-19-9-14-25(15-10-19)16-17(2)3/h18-19H,2,5-16H2,1,3-4H3,(H2,21,22,23). The van der Waals surface area contributed by atoms with Crippen LogP contribution in [0.15, 0.2) is 17.1 Å². The second kappa shape index (κ2) is 10.8. The molecule has 0 atom stereocenters. The third-order valence-corrected chi connectivity index (χ3v) is 5.64. The molecule has 0 aromatic heterocycles. The molecule has 0 aliphatic carbocycles. The van der Waals surface area contributed by atoms with Crippen molar-refractivity contribution in [1.29, 1.82) is 0 Å². The summed E-state index contributed by atoms with van der Waals surface area (Å²) in [5.74, 6) is 1.85. The van der Waals surface area contributed by atoms with Gasteiger partial charge in [-0.05, 0) is 64.6 Å². The number of piperidine rings is 2. The lowest BCUT2D eigenvalue weighted by atomic mass is 9.93. The highest BCUT2D eigenvalue weighted by molar-refractivity contribution is 5.79. The third kappa shape index (κ3) is 7.37. The van der Waals surface area contributed by atoms with Gasteiger partial charge in [0, 0.05) is 39.3 Å². The van der Waals surface area contributed by atoms with Gasteiger partial charge in [-0.15, -0.1) is 0 Å². The molecule has 2 fully saturated rings. The van der Waals surface area contributed by atoms with E-state index in [1.54, 1.807) is 0 Å². The Morgan fingerprint density at radius 1 is 1.08 bits per heavy atom. The minimum atomic E-state index is 0.542. The van der Waals surface area contributed by atoms with E-state index in [9.17, 15) is 0 Å². The zero-order chi connectivity index (χ0) is 18.1. The van der Waals surface area contributed by atoms with Crippen molar-refractivity contribution in [3.8, 4) is 0 Å². The molecule has 2 saturated heterocycles. The fraction of sp³-hybridized carbons (Fsp3) is 0.850. The van der Waals surface area contributed by atoms with E-state index in [2.05, 4.69) is 45.9 Å². The first-order valence-corrected chi connectivity index (χ1v) is 10.2. The molecule has 144 valence electrons. The molecule has 0 radical (unpaired) electrons. The number of hydrogen-bond donors (Lipinski definition) is 2. The average molecular weight is 350 g/mol. The largest absolute Gasteiger partial charge is 0.356 e. The maximum atomic E-state index is 4.42. The summed E-state index contributed by atoms with van der Waals surface area (Å²) in [6.07, 6.45) is 6.33. The average Bonchev–Trinajstić information content (AvgIpc) is 2.62. The molecule has 2 aliphatic rings. The van der Waals surface area contributed by atoms with Crippen molar-refractivity contribution in [2.75, 3.05) is 52.9 Å². The molecule has 0 aromatic rings. The number of rotatable bonds is 7. The molecule has 2 aliphatic heterocycles. The van der Waals surface area contributed by atoms with Gasteiger partial charge in [0.1, 0.15) is 0 Å². The van der Waals surface area contributed by atoms with Gasteiger partial charge in [-0.25, -0.2) is 0 Å². The summed E-state index contributed by atoms with van der Waals surface area (Å²) in [7, 11) is 1.88. The van der Waals surface area contributed by atoms with Gasteiger partial charge in [0.15, 0.2) is 5.96 Å². The summed E-state index contributed by atoms with van der Waals surface area (Å²) in [5, 5.41) is 7.15. The van der Waals surface area contributed by atoms with Crippen molar-refractivity contribution in [2.45, 2.75) is 52.0 Å². The Hall–Kier alpha value is -1.07. The fourth-order valence-electron chi connectivity index (χ4n) is 3.99. The van der Waals surface area contributed by atoms with Crippen molar-refractivity contribution < 1.29 is 0 Å². The second-order valence-electron chi connectivity index (χ2n) is 7.82. The molecular weight excluding hydrogens is 310 g/mol. The number of nitrogens with zero attached hydrogens (tertiary/aromatic N) is 3. The first-order chi connectivity index (χ1) is 12.1. The van der Waals surface area contributed by atoms with Crippen molar-refractivity contribution in [3.63, 3.8) is 0 Å². The maximum Gasteiger partial charge on any atom is 0.191 e. The van der Waals surface area contributed by atoms with Crippen molar-refractivity contribution in [1.82, 2.24) is 20.4 Å². The van der Waals surface area contributed by atoms with Crippen molar-refractivity contribution >= 4 is 5.96 Å². The Morgan fingerprint density at radius 2 is 1.72 bits per heavy atom. The number of likely N-dealkylation sites (tertiary alicyclic amines) is 2. The smallest absolute Gasteiger partial charge is 0.191 e. The van der Waals surface area contributed by atoms with Crippen LogP contribution in [0.25, 0.3) is 0 Å². The first-order valence-electron chi connectivity index (χ1n) is 10.2. The molecule has 0 amide bonds. The van der Waals surface area contributed by atoms with Crippen LogP contribution >= 0.6 is 0 Å². The maximum absolute atomic E-state index is 4.42. The van der Waals surface area contributed by atoms with E-state index in [4.69, 9.17) is 0 Å². The zero-order valence-corrected chi connectivity index (χ0v) is 16.7. The lowest BCUT2D eigenvalue weighted by molar-refractivity contribution is 0.187. The van der Waals surface area contributed by atoms with Gasteiger partial charge in [-0.1, -0.05) is 19.1 Å². The topological polar surface area (TPSA) is 42.9 Å². The Kier molecular flexibility index (Phi) is 8.76. The van der Waals surface area contributed by atoms with Crippen LogP contribution in [0.5, 0.6) is 0 Å². The highest BCUT2D eigenvalue weighted by Gasteiger charge is 2.20. The Morgan fingerprint density at radius 3 is 2.28 bits per heavy atom. The normalized spacial score (nSPS) is 22.1. The van der Waals surface area contributed by atoms with Gasteiger partial charge in [-0.2, -0.15) is 0 Å². The number of guanidine groups is 1. The Labute approximate surface area is 154 Å². The summed E-state index contributed by atoms with van der Waals surface area (Å²) < 4.78 is 0. The predicted octanol–water partition coefficient (Wildman–Crippen LogP) is 2.31. The van der Waals surface area contributed by atoms with Crippen LogP contribution in [0.4, 0.5) is 0 Å². The Bertz CT molecular complexity index is 418. The monoisotopic (exact) mass is 349 g/mol. The highest BCUT2D eigenvalue weighted by Crippen LogP contribution is 2.19. The van der Waals surface area contributed by atoms with Crippen LogP contribution < -0.4 is 10.6 Å². The SMILES string of the molecule is C=C(C)CN1CCC(NC(=NC)NCCC2CCN(CC)CC2)CC1. The summed E-state index contributed by atoms with van der Waals surface area (Å²) in [6.45, 7) is 16.5. The molecule has 0 spiro atoms. The van der Waals surface area contributed by atoms with Gasteiger partial charge in [0.2, 0.25) is 0 Å². The van der Waals surface area contributed by atoms with Gasteiger partial charge < -0.3 is 15.5 Å². The van der Waals surface area contributed by atoms with Crippen LogP contribution in [-0.2, 0) is 0 Å². The van der Waals surface area contributed by atoms with Gasteiger partial charge in [0.05, 0.1) is 0 Å². The third-order valence-electron chi connectivity index (χ3n) is 5.64. The molecular formula is C20H39N5. The second-order valence-corrected chi connectivity index (χ2v) is 7.82. The first kappa shape index (κ1) is 20.2. The molecule has 0 aromatic carbocycles. The summed E-state index contributed by atoms with van der Waals surface area (Å²) >= 11 is 0. The molecule has 25 heavy (non-hydrogen) atoms. The van der Waals surface area contributed by atoms with Crippen LogP contribution in [-0.4, -0.2) is 74.7 Å². The van der Waals surface area contributed by atoms with Crippen LogP contribution in [0.2, 0.25) is 0 Å².